The summed E-state index contributed by atoms with van der Waals surface area (Å²) in [6, 6.07) is 15.5. The van der Waals surface area contributed by atoms with Gasteiger partial charge in [-0.25, -0.2) is 0 Å². The normalized spacial score (nSPS) is 16.1. The van der Waals surface area contributed by atoms with E-state index in [0.29, 0.717) is 30.8 Å². The number of imide groups is 1. The molecule has 0 saturated carbocycles. The number of hydrogen-bond donors (Lipinski definition) is 1. The van der Waals surface area contributed by atoms with E-state index < -0.39 is 21.9 Å². The van der Waals surface area contributed by atoms with Crippen molar-refractivity contribution in [2.75, 3.05) is 24.3 Å². The van der Waals surface area contributed by atoms with E-state index in [1.807, 2.05) is 59.6 Å². The van der Waals surface area contributed by atoms with Crippen LogP contribution in [0.2, 0.25) is 0 Å². The molecule has 2 aromatic carbocycles. The van der Waals surface area contributed by atoms with Gasteiger partial charge >= 0.3 is 0 Å². The molecule has 2 aliphatic rings. The highest BCUT2D eigenvalue weighted by atomic mass is 32.2. The summed E-state index contributed by atoms with van der Waals surface area (Å²) in [5.74, 6) is -0.848. The highest BCUT2D eigenvalue weighted by Crippen LogP contribution is 2.36. The molecular formula is C24H23N3O5S. The minimum atomic E-state index is -3.49. The fourth-order valence-corrected chi connectivity index (χ4v) is 5.01. The zero-order valence-corrected chi connectivity index (χ0v) is 18.9. The van der Waals surface area contributed by atoms with E-state index in [4.69, 9.17) is 4.18 Å². The van der Waals surface area contributed by atoms with Crippen LogP contribution in [0.25, 0.3) is 16.6 Å². The number of para-hydroxylation sites is 2. The number of nitrogens with zero attached hydrogens (tertiary/aromatic N) is 2. The Balaban J connectivity index is 1.57. The maximum absolute atomic E-state index is 13.0. The van der Waals surface area contributed by atoms with Crippen molar-refractivity contribution >= 4 is 44.2 Å². The molecule has 5 rings (SSSR count). The van der Waals surface area contributed by atoms with Crippen LogP contribution in [-0.2, 0) is 36.7 Å². The molecule has 8 nitrogen and oxygen atoms in total. The number of rotatable bonds is 7. The summed E-state index contributed by atoms with van der Waals surface area (Å²) in [7, 11) is -3.49. The Bertz CT molecular complexity index is 1420. The fourth-order valence-electron chi connectivity index (χ4n) is 4.59. The molecule has 33 heavy (non-hydrogen) atoms. The van der Waals surface area contributed by atoms with Crippen molar-refractivity contribution in [2.45, 2.75) is 19.3 Å². The summed E-state index contributed by atoms with van der Waals surface area (Å²) >= 11 is 0. The van der Waals surface area contributed by atoms with Gasteiger partial charge in [0.25, 0.3) is 21.9 Å². The van der Waals surface area contributed by atoms with Crippen LogP contribution in [0, 0.1) is 0 Å². The Morgan fingerprint density at radius 1 is 1.00 bits per heavy atom. The zero-order chi connectivity index (χ0) is 23.2. The highest BCUT2D eigenvalue weighted by Gasteiger charge is 2.38. The molecule has 9 heteroatoms. The predicted molar refractivity (Wildman–Crippen MR) is 125 cm³/mol. The molecule has 2 amide bonds. The Kier molecular flexibility index (Phi) is 5.30. The number of fused-ring (bicyclic) bond motifs is 2. The van der Waals surface area contributed by atoms with E-state index in [1.165, 1.54) is 0 Å². The molecule has 0 bridgehead atoms. The number of hydrogen-bond acceptors (Lipinski definition) is 6. The summed E-state index contributed by atoms with van der Waals surface area (Å²) in [5.41, 5.74) is 4.47. The van der Waals surface area contributed by atoms with E-state index in [9.17, 15) is 18.0 Å². The van der Waals surface area contributed by atoms with Crippen LogP contribution in [0.4, 0.5) is 5.69 Å². The largest absolute Gasteiger partial charge is 0.335 e. The van der Waals surface area contributed by atoms with Gasteiger partial charge in [-0.05, 0) is 42.5 Å². The van der Waals surface area contributed by atoms with Gasteiger partial charge in [-0.2, -0.15) is 8.42 Å². The molecular weight excluding hydrogens is 442 g/mol. The number of anilines is 1. The number of carbonyl (C=O) groups excluding carboxylic acids is 2. The highest BCUT2D eigenvalue weighted by molar-refractivity contribution is 7.85. The van der Waals surface area contributed by atoms with Crippen LogP contribution in [0.3, 0.4) is 0 Å². The van der Waals surface area contributed by atoms with E-state index in [-0.39, 0.29) is 6.61 Å². The van der Waals surface area contributed by atoms with Crippen molar-refractivity contribution in [3.05, 3.63) is 71.6 Å². The third-order valence-electron chi connectivity index (χ3n) is 5.96. The third kappa shape index (κ3) is 3.94. The average molecular weight is 466 g/mol. The third-order valence-corrected chi connectivity index (χ3v) is 6.56. The molecule has 0 atom stereocenters. The molecule has 0 spiro atoms. The summed E-state index contributed by atoms with van der Waals surface area (Å²) in [6.45, 7) is 0.698. The summed E-state index contributed by atoms with van der Waals surface area (Å²) < 4.78 is 29.1. The number of benzene rings is 2. The van der Waals surface area contributed by atoms with Crippen molar-refractivity contribution in [1.29, 1.82) is 0 Å². The lowest BCUT2D eigenvalue weighted by Crippen LogP contribution is -2.29. The van der Waals surface area contributed by atoms with Gasteiger partial charge in [-0.1, -0.05) is 36.4 Å². The smallest absolute Gasteiger partial charge is 0.277 e. The Morgan fingerprint density at radius 2 is 1.73 bits per heavy atom. The number of carbonyl (C=O) groups is 2. The Hall–Kier alpha value is -3.43. The van der Waals surface area contributed by atoms with Gasteiger partial charge in [-0.15, -0.1) is 0 Å². The first-order chi connectivity index (χ1) is 15.8. The molecule has 0 radical (unpaired) electrons. The molecule has 3 aromatic rings. The first kappa shape index (κ1) is 21.4. The van der Waals surface area contributed by atoms with Crippen LogP contribution in [0.15, 0.2) is 60.4 Å². The molecule has 1 N–H and O–H groups in total. The lowest BCUT2D eigenvalue weighted by molar-refractivity contribution is -0.123. The van der Waals surface area contributed by atoms with Gasteiger partial charge in [0.2, 0.25) is 0 Å². The van der Waals surface area contributed by atoms with Crippen molar-refractivity contribution in [1.82, 2.24) is 9.88 Å². The Morgan fingerprint density at radius 3 is 2.55 bits per heavy atom. The minimum absolute atomic E-state index is 0.0792. The standard InChI is InChI=1S/C24H23N3O5S/c1-33(30,31)32-14-6-8-17-15-27(20-11-5-3-9-18(17)20)22-21(23(28)25-24(22)29)26-13-12-16-7-2-4-10-19(16)26/h2-5,7,9-11,15H,6,8,12-14H2,1H3,(H,25,28,29). The first-order valence-corrected chi connectivity index (χ1v) is 12.5. The van der Waals surface area contributed by atoms with E-state index >= 15 is 0 Å². The first-order valence-electron chi connectivity index (χ1n) is 10.7. The number of nitrogens with one attached hydrogen (secondary N) is 1. The molecule has 2 aliphatic heterocycles. The van der Waals surface area contributed by atoms with Crippen molar-refractivity contribution in [2.24, 2.45) is 0 Å². The molecule has 0 unspecified atom stereocenters. The average Bonchev–Trinajstić information content (AvgIpc) is 3.43. The second-order valence-electron chi connectivity index (χ2n) is 8.18. The molecule has 170 valence electrons. The van der Waals surface area contributed by atoms with Gasteiger partial charge in [0.1, 0.15) is 11.4 Å². The van der Waals surface area contributed by atoms with Gasteiger partial charge < -0.3 is 9.47 Å². The van der Waals surface area contributed by atoms with E-state index in [0.717, 1.165) is 40.4 Å². The second-order valence-corrected chi connectivity index (χ2v) is 9.83. The molecule has 3 heterocycles. The predicted octanol–water partition coefficient (Wildman–Crippen LogP) is 2.44. The van der Waals surface area contributed by atoms with Crippen LogP contribution in [-0.4, -0.2) is 44.2 Å². The van der Waals surface area contributed by atoms with Gasteiger partial charge in [0, 0.05) is 23.8 Å². The van der Waals surface area contributed by atoms with Gasteiger partial charge in [0.05, 0.1) is 18.4 Å². The van der Waals surface area contributed by atoms with Crippen molar-refractivity contribution in [3.8, 4) is 0 Å². The number of amides is 2. The Labute approximate surface area is 191 Å². The van der Waals surface area contributed by atoms with Gasteiger partial charge in [-0.3, -0.25) is 19.1 Å². The minimum Gasteiger partial charge on any atom is -0.335 e. The maximum Gasteiger partial charge on any atom is 0.277 e. The van der Waals surface area contributed by atoms with Crippen LogP contribution in [0.1, 0.15) is 17.5 Å². The number of aryl methyl sites for hydroxylation is 1. The van der Waals surface area contributed by atoms with Crippen LogP contribution in [0.5, 0.6) is 0 Å². The summed E-state index contributed by atoms with van der Waals surface area (Å²) in [4.78, 5) is 27.8. The number of aromatic nitrogens is 1. The van der Waals surface area contributed by atoms with Crippen LogP contribution >= 0.6 is 0 Å². The molecule has 1 aromatic heterocycles. The van der Waals surface area contributed by atoms with Gasteiger partial charge in [0.15, 0.2) is 0 Å². The zero-order valence-electron chi connectivity index (χ0n) is 18.1. The van der Waals surface area contributed by atoms with E-state index in [1.54, 1.807) is 4.57 Å². The quantitative estimate of drug-likeness (QED) is 0.327. The SMILES string of the molecule is CS(=O)(=O)OCCCc1cn(C2=C(N3CCc4ccccc43)C(=O)NC2=O)c2ccccc12. The molecule has 0 saturated heterocycles. The summed E-state index contributed by atoms with van der Waals surface area (Å²) in [6.07, 6.45) is 4.75. The van der Waals surface area contributed by atoms with Crippen molar-refractivity contribution < 1.29 is 22.2 Å². The lowest BCUT2D eigenvalue weighted by atomic mass is 10.1. The lowest BCUT2D eigenvalue weighted by Gasteiger charge is -2.20. The van der Waals surface area contributed by atoms with E-state index in [2.05, 4.69) is 5.32 Å². The molecule has 0 fully saturated rings. The fraction of sp³-hybridized carbons (Fsp3) is 0.250. The molecule has 0 aliphatic carbocycles. The monoisotopic (exact) mass is 465 g/mol. The van der Waals surface area contributed by atoms with Crippen molar-refractivity contribution in [3.63, 3.8) is 0 Å². The van der Waals surface area contributed by atoms with Crippen LogP contribution < -0.4 is 10.2 Å². The maximum atomic E-state index is 13.0. The topological polar surface area (TPSA) is 97.7 Å². The summed E-state index contributed by atoms with van der Waals surface area (Å²) in [5, 5.41) is 3.41. The second kappa shape index (κ2) is 8.17.